The molecule has 8 rings (SSSR count). The monoisotopic (exact) mass is 568 g/mol. The fourth-order valence-electron chi connectivity index (χ4n) is 5.91. The summed E-state index contributed by atoms with van der Waals surface area (Å²) in [5, 5.41) is 5.27. The summed E-state index contributed by atoms with van der Waals surface area (Å²) >= 11 is 3.71. The Hall–Kier alpha value is -3.48. The van der Waals surface area contributed by atoms with Crippen LogP contribution in [0.2, 0.25) is 0 Å². The summed E-state index contributed by atoms with van der Waals surface area (Å²) in [5.41, 5.74) is 4.98. The van der Waals surface area contributed by atoms with Crippen LogP contribution in [0, 0.1) is 0 Å². The van der Waals surface area contributed by atoms with Gasteiger partial charge in [-0.3, -0.25) is 0 Å². The predicted octanol–water partition coefficient (Wildman–Crippen LogP) is 10.1. The summed E-state index contributed by atoms with van der Waals surface area (Å²) < 4.78 is 18.3. The van der Waals surface area contributed by atoms with Gasteiger partial charge in [-0.2, -0.15) is 0 Å². The first-order valence-electron chi connectivity index (χ1n) is 14.1. The molecule has 1 saturated heterocycles. The second-order valence-corrected chi connectivity index (χ2v) is 14.2. The molecule has 0 amide bonds. The molecule has 1 aliphatic heterocycles. The molecule has 5 aromatic carbocycles. The summed E-state index contributed by atoms with van der Waals surface area (Å²) in [5.74, 6) is 0. The summed E-state index contributed by atoms with van der Waals surface area (Å²) in [4.78, 5) is 0. The van der Waals surface area contributed by atoms with E-state index in [9.17, 15) is 0 Å². The number of fused-ring (bicyclic) bond motifs is 6. The standard InChI is InChI=1S/C36H29BO2S2/c1-35(2)36(3,4)39-37(38-35)26-18-24(22-13-15-29-27-9-5-7-11-31(27)40-33(29)20-22)17-25(19-26)23-14-16-30-28-10-6-8-12-32(28)41-34(30)21-23/h5-21H,1-4H3. The molecule has 5 heteroatoms. The summed E-state index contributed by atoms with van der Waals surface area (Å²) in [6.45, 7) is 8.45. The third kappa shape index (κ3) is 4.06. The van der Waals surface area contributed by atoms with Crippen LogP contribution in [0.4, 0.5) is 0 Å². The van der Waals surface area contributed by atoms with Crippen LogP contribution in [-0.4, -0.2) is 18.3 Å². The van der Waals surface area contributed by atoms with Crippen LogP contribution in [-0.2, 0) is 9.31 Å². The quantitative estimate of drug-likeness (QED) is 0.198. The first kappa shape index (κ1) is 25.3. The van der Waals surface area contributed by atoms with Crippen LogP contribution in [0.1, 0.15) is 27.7 Å². The molecule has 2 nitrogen and oxygen atoms in total. The van der Waals surface area contributed by atoms with Crippen LogP contribution in [0.5, 0.6) is 0 Å². The lowest BCUT2D eigenvalue weighted by atomic mass is 9.76. The molecule has 0 bridgehead atoms. The lowest BCUT2D eigenvalue weighted by Gasteiger charge is -2.32. The Kier molecular flexibility index (Phi) is 5.55. The van der Waals surface area contributed by atoms with Gasteiger partial charge in [0.25, 0.3) is 0 Å². The molecule has 0 N–H and O–H groups in total. The van der Waals surface area contributed by atoms with Crippen LogP contribution in [0.3, 0.4) is 0 Å². The lowest BCUT2D eigenvalue weighted by molar-refractivity contribution is 0.00578. The zero-order valence-electron chi connectivity index (χ0n) is 23.5. The van der Waals surface area contributed by atoms with Gasteiger partial charge >= 0.3 is 7.12 Å². The highest BCUT2D eigenvalue weighted by Gasteiger charge is 2.51. The van der Waals surface area contributed by atoms with Crippen molar-refractivity contribution in [2.45, 2.75) is 38.9 Å². The minimum atomic E-state index is -0.431. The zero-order valence-corrected chi connectivity index (χ0v) is 25.2. The Balaban J connectivity index is 1.30. The second-order valence-electron chi connectivity index (χ2n) is 12.1. The third-order valence-electron chi connectivity index (χ3n) is 8.90. The van der Waals surface area contributed by atoms with E-state index in [0.717, 1.165) is 5.46 Å². The van der Waals surface area contributed by atoms with E-state index in [1.54, 1.807) is 0 Å². The molecule has 0 spiro atoms. The molecule has 200 valence electrons. The van der Waals surface area contributed by atoms with Gasteiger partial charge in [-0.15, -0.1) is 22.7 Å². The van der Waals surface area contributed by atoms with Crippen molar-refractivity contribution in [3.8, 4) is 22.3 Å². The zero-order chi connectivity index (χ0) is 27.9. The Labute approximate surface area is 248 Å². The first-order chi connectivity index (χ1) is 19.8. The van der Waals surface area contributed by atoms with Gasteiger partial charge in [-0.05, 0) is 85.7 Å². The highest BCUT2D eigenvalue weighted by Crippen LogP contribution is 2.40. The first-order valence-corrected chi connectivity index (χ1v) is 15.7. The van der Waals surface area contributed by atoms with Crippen LogP contribution >= 0.6 is 22.7 Å². The molecular weight excluding hydrogens is 539 g/mol. The summed E-state index contributed by atoms with van der Waals surface area (Å²) in [7, 11) is -0.431. The summed E-state index contributed by atoms with van der Waals surface area (Å²) in [6, 6.07) is 37.9. The Morgan fingerprint density at radius 1 is 0.463 bits per heavy atom. The molecule has 1 aliphatic rings. The van der Waals surface area contributed by atoms with E-state index in [0.29, 0.717) is 0 Å². The van der Waals surface area contributed by atoms with Crippen LogP contribution in [0.25, 0.3) is 62.6 Å². The van der Waals surface area contributed by atoms with Crippen molar-refractivity contribution in [3.63, 3.8) is 0 Å². The third-order valence-corrected chi connectivity index (χ3v) is 11.2. The minimum absolute atomic E-state index is 0.403. The molecule has 1 fully saturated rings. The van der Waals surface area contributed by atoms with Crippen molar-refractivity contribution >= 4 is 75.6 Å². The fourth-order valence-corrected chi connectivity index (χ4v) is 8.20. The number of rotatable bonds is 3. The van der Waals surface area contributed by atoms with Crippen molar-refractivity contribution in [1.82, 2.24) is 0 Å². The molecule has 2 aromatic heterocycles. The van der Waals surface area contributed by atoms with Gasteiger partial charge in [0.1, 0.15) is 0 Å². The van der Waals surface area contributed by atoms with Crippen molar-refractivity contribution in [3.05, 3.63) is 103 Å². The van der Waals surface area contributed by atoms with Crippen molar-refractivity contribution < 1.29 is 9.31 Å². The van der Waals surface area contributed by atoms with E-state index in [1.165, 1.54) is 62.6 Å². The van der Waals surface area contributed by atoms with Crippen molar-refractivity contribution in [1.29, 1.82) is 0 Å². The lowest BCUT2D eigenvalue weighted by Crippen LogP contribution is -2.41. The average molecular weight is 569 g/mol. The number of thiophene rings is 2. The Morgan fingerprint density at radius 3 is 1.39 bits per heavy atom. The van der Waals surface area contributed by atoms with E-state index in [-0.39, 0.29) is 0 Å². The molecular formula is C36H29BO2S2. The molecule has 7 aromatic rings. The number of hydrogen-bond donors (Lipinski definition) is 0. The van der Waals surface area contributed by atoms with Crippen LogP contribution < -0.4 is 5.46 Å². The van der Waals surface area contributed by atoms with Gasteiger partial charge in [0.2, 0.25) is 0 Å². The maximum Gasteiger partial charge on any atom is 0.494 e. The topological polar surface area (TPSA) is 18.5 Å². The molecule has 0 aliphatic carbocycles. The molecule has 0 saturated carbocycles. The van der Waals surface area contributed by atoms with E-state index < -0.39 is 18.3 Å². The van der Waals surface area contributed by atoms with Gasteiger partial charge < -0.3 is 9.31 Å². The SMILES string of the molecule is CC1(C)OB(c2cc(-c3ccc4c(c3)sc3ccccc34)cc(-c3ccc4c(c3)sc3ccccc34)c2)OC1(C)C. The maximum atomic E-state index is 6.53. The smallest absolute Gasteiger partial charge is 0.399 e. The molecule has 41 heavy (non-hydrogen) atoms. The average Bonchev–Trinajstić information content (AvgIpc) is 3.60. The van der Waals surface area contributed by atoms with Gasteiger partial charge in [0, 0.05) is 40.3 Å². The van der Waals surface area contributed by atoms with Crippen molar-refractivity contribution in [2.75, 3.05) is 0 Å². The van der Waals surface area contributed by atoms with Gasteiger partial charge in [0.05, 0.1) is 11.2 Å². The van der Waals surface area contributed by atoms with E-state index in [2.05, 4.69) is 131 Å². The van der Waals surface area contributed by atoms with E-state index >= 15 is 0 Å². The molecule has 0 unspecified atom stereocenters. The normalized spacial score (nSPS) is 16.4. The molecule has 0 radical (unpaired) electrons. The Morgan fingerprint density at radius 2 is 0.902 bits per heavy atom. The highest BCUT2D eigenvalue weighted by molar-refractivity contribution is 7.26. The number of hydrogen-bond acceptors (Lipinski definition) is 4. The van der Waals surface area contributed by atoms with E-state index in [1.807, 2.05) is 22.7 Å². The predicted molar refractivity (Wildman–Crippen MR) is 179 cm³/mol. The van der Waals surface area contributed by atoms with E-state index in [4.69, 9.17) is 9.31 Å². The molecule has 0 atom stereocenters. The highest BCUT2D eigenvalue weighted by atomic mass is 32.1. The Bertz CT molecular complexity index is 1990. The fraction of sp³-hybridized carbons (Fsp3) is 0.167. The minimum Gasteiger partial charge on any atom is -0.399 e. The second kappa shape index (κ2) is 9.01. The maximum absolute atomic E-state index is 6.53. The van der Waals surface area contributed by atoms with Crippen molar-refractivity contribution in [2.24, 2.45) is 0 Å². The van der Waals surface area contributed by atoms with Gasteiger partial charge in [-0.25, -0.2) is 0 Å². The molecule has 3 heterocycles. The van der Waals surface area contributed by atoms with Crippen LogP contribution in [0.15, 0.2) is 103 Å². The van der Waals surface area contributed by atoms with Gasteiger partial charge in [0.15, 0.2) is 0 Å². The largest absolute Gasteiger partial charge is 0.494 e. The van der Waals surface area contributed by atoms with Gasteiger partial charge in [-0.1, -0.05) is 72.8 Å². The number of benzene rings is 5. The summed E-state index contributed by atoms with van der Waals surface area (Å²) in [6.07, 6.45) is 0.